The van der Waals surface area contributed by atoms with Gasteiger partial charge in [-0.25, -0.2) is 4.79 Å². The minimum atomic E-state index is 0.00538. The van der Waals surface area contributed by atoms with Crippen LogP contribution < -0.4 is 15.1 Å². The molecule has 0 radical (unpaired) electrons. The molecule has 0 aliphatic carbocycles. The Morgan fingerprint density at radius 2 is 1.83 bits per heavy atom. The van der Waals surface area contributed by atoms with Crippen LogP contribution in [0.3, 0.4) is 0 Å². The van der Waals surface area contributed by atoms with Gasteiger partial charge in [-0.15, -0.1) is 0 Å². The molecule has 2 aromatic carbocycles. The number of hydrogen-bond acceptors (Lipinski definition) is 2. The Morgan fingerprint density at radius 3 is 2.67 bits per heavy atom. The van der Waals surface area contributed by atoms with E-state index in [-0.39, 0.29) is 6.03 Å². The third kappa shape index (κ3) is 3.88. The number of benzene rings is 2. The summed E-state index contributed by atoms with van der Waals surface area (Å²) in [5, 5.41) is 3.07. The van der Waals surface area contributed by atoms with Crippen molar-refractivity contribution in [2.24, 2.45) is 0 Å². The number of amides is 2. The van der Waals surface area contributed by atoms with E-state index in [1.54, 1.807) is 0 Å². The van der Waals surface area contributed by atoms with Crippen LogP contribution in [0.25, 0.3) is 0 Å². The van der Waals surface area contributed by atoms with E-state index >= 15 is 0 Å². The van der Waals surface area contributed by atoms with E-state index in [2.05, 4.69) is 40.5 Å². The predicted octanol–water partition coefficient (Wildman–Crippen LogP) is 3.68. The number of rotatable bonds is 4. The molecule has 0 aromatic heterocycles. The molecule has 0 unspecified atom stereocenters. The molecule has 0 atom stereocenters. The van der Waals surface area contributed by atoms with Gasteiger partial charge < -0.3 is 10.2 Å². The molecule has 1 heterocycles. The van der Waals surface area contributed by atoms with E-state index in [0.717, 1.165) is 43.7 Å². The van der Waals surface area contributed by atoms with Crippen LogP contribution in [0.1, 0.15) is 18.4 Å². The number of hydrogen-bond donors (Lipinski definition) is 1. The molecule has 0 spiro atoms. The van der Waals surface area contributed by atoms with E-state index in [1.165, 1.54) is 5.56 Å². The molecule has 0 bridgehead atoms. The number of urea groups is 1. The number of para-hydroxylation sites is 2. The highest BCUT2D eigenvalue weighted by molar-refractivity contribution is 5.93. The zero-order valence-electron chi connectivity index (χ0n) is 14.2. The number of carbonyl (C=O) groups excluding carboxylic acids is 1. The molecule has 0 saturated heterocycles. The van der Waals surface area contributed by atoms with Crippen molar-refractivity contribution in [3.8, 4) is 0 Å². The first-order chi connectivity index (χ1) is 11.8. The highest BCUT2D eigenvalue weighted by Crippen LogP contribution is 2.25. The monoisotopic (exact) mass is 323 g/mol. The largest absolute Gasteiger partial charge is 0.373 e. The maximum atomic E-state index is 12.6. The Balaban J connectivity index is 1.57. The van der Waals surface area contributed by atoms with Crippen LogP contribution in [-0.2, 0) is 6.42 Å². The standard InChI is InChI=1S/C20H25N3O/c1-22(18-11-3-2-4-12-18)16-14-21-20(24)23-15-8-7-10-17-9-5-6-13-19(17)23/h2-6,9,11-13H,7-8,10,14-16H2,1H3,(H,21,24). The molecule has 1 aliphatic heterocycles. The van der Waals surface area contributed by atoms with Gasteiger partial charge in [0, 0.05) is 38.1 Å². The number of carbonyl (C=O) groups is 1. The third-order valence-corrected chi connectivity index (χ3v) is 4.53. The molecule has 4 nitrogen and oxygen atoms in total. The lowest BCUT2D eigenvalue weighted by molar-refractivity contribution is 0.246. The van der Waals surface area contributed by atoms with Crippen molar-refractivity contribution >= 4 is 17.4 Å². The van der Waals surface area contributed by atoms with Crippen LogP contribution in [0, 0.1) is 0 Å². The minimum absolute atomic E-state index is 0.00538. The zero-order chi connectivity index (χ0) is 16.8. The lowest BCUT2D eigenvalue weighted by Crippen LogP contribution is -2.43. The fraction of sp³-hybridized carbons (Fsp3) is 0.350. The van der Waals surface area contributed by atoms with Gasteiger partial charge >= 0.3 is 6.03 Å². The Hall–Kier alpha value is -2.49. The van der Waals surface area contributed by atoms with Gasteiger partial charge in [-0.2, -0.15) is 0 Å². The van der Waals surface area contributed by atoms with Crippen molar-refractivity contribution in [2.45, 2.75) is 19.3 Å². The lowest BCUT2D eigenvalue weighted by Gasteiger charge is -2.24. The first-order valence-electron chi connectivity index (χ1n) is 8.65. The predicted molar refractivity (Wildman–Crippen MR) is 99.8 cm³/mol. The third-order valence-electron chi connectivity index (χ3n) is 4.53. The van der Waals surface area contributed by atoms with Crippen LogP contribution in [0.5, 0.6) is 0 Å². The van der Waals surface area contributed by atoms with E-state index in [4.69, 9.17) is 0 Å². The molecular formula is C20H25N3O. The van der Waals surface area contributed by atoms with Gasteiger partial charge in [0.15, 0.2) is 0 Å². The molecular weight excluding hydrogens is 298 g/mol. The second-order valence-electron chi connectivity index (χ2n) is 6.23. The normalized spacial score (nSPS) is 13.8. The summed E-state index contributed by atoms with van der Waals surface area (Å²) in [5.41, 5.74) is 3.49. The van der Waals surface area contributed by atoms with Crippen LogP contribution in [0.15, 0.2) is 54.6 Å². The Kier molecular flexibility index (Phi) is 5.36. The fourth-order valence-corrected chi connectivity index (χ4v) is 3.14. The van der Waals surface area contributed by atoms with Crippen LogP contribution in [0.4, 0.5) is 16.2 Å². The van der Waals surface area contributed by atoms with Crippen molar-refractivity contribution in [3.05, 3.63) is 60.2 Å². The summed E-state index contributed by atoms with van der Waals surface area (Å²) >= 11 is 0. The van der Waals surface area contributed by atoms with E-state index in [1.807, 2.05) is 36.2 Å². The maximum absolute atomic E-state index is 12.6. The van der Waals surface area contributed by atoms with Crippen LogP contribution >= 0.6 is 0 Å². The minimum Gasteiger partial charge on any atom is -0.373 e. The van der Waals surface area contributed by atoms with E-state index in [0.29, 0.717) is 6.54 Å². The molecule has 2 amide bonds. The lowest BCUT2D eigenvalue weighted by atomic mass is 10.1. The highest BCUT2D eigenvalue weighted by atomic mass is 16.2. The van der Waals surface area contributed by atoms with Gasteiger partial charge in [-0.1, -0.05) is 36.4 Å². The SMILES string of the molecule is CN(CCNC(=O)N1CCCCc2ccccc21)c1ccccc1. The first kappa shape index (κ1) is 16.4. The quantitative estimate of drug-likeness (QED) is 0.932. The molecule has 2 aromatic rings. The fourth-order valence-electron chi connectivity index (χ4n) is 3.14. The van der Waals surface area contributed by atoms with Crippen molar-refractivity contribution in [1.82, 2.24) is 5.32 Å². The van der Waals surface area contributed by atoms with E-state index in [9.17, 15) is 4.79 Å². The molecule has 4 heteroatoms. The van der Waals surface area contributed by atoms with Crippen molar-refractivity contribution < 1.29 is 4.79 Å². The zero-order valence-corrected chi connectivity index (χ0v) is 14.2. The Labute approximate surface area is 144 Å². The summed E-state index contributed by atoms with van der Waals surface area (Å²) in [6, 6.07) is 18.5. The second-order valence-corrected chi connectivity index (χ2v) is 6.23. The van der Waals surface area contributed by atoms with Gasteiger partial charge in [0.05, 0.1) is 0 Å². The molecule has 1 N–H and O–H groups in total. The van der Waals surface area contributed by atoms with Crippen molar-refractivity contribution in [2.75, 3.05) is 36.5 Å². The average molecular weight is 323 g/mol. The summed E-state index contributed by atoms with van der Waals surface area (Å²) in [5.74, 6) is 0. The topological polar surface area (TPSA) is 35.6 Å². The summed E-state index contributed by atoms with van der Waals surface area (Å²) in [7, 11) is 2.04. The summed E-state index contributed by atoms with van der Waals surface area (Å²) in [4.78, 5) is 16.7. The average Bonchev–Trinajstić information content (AvgIpc) is 2.85. The van der Waals surface area contributed by atoms with Crippen molar-refractivity contribution in [3.63, 3.8) is 0 Å². The van der Waals surface area contributed by atoms with Gasteiger partial charge in [-0.3, -0.25) is 4.90 Å². The van der Waals surface area contributed by atoms with Crippen LogP contribution in [-0.4, -0.2) is 32.7 Å². The number of likely N-dealkylation sites (N-methyl/N-ethyl adjacent to an activating group) is 1. The maximum Gasteiger partial charge on any atom is 0.321 e. The number of fused-ring (bicyclic) bond motifs is 1. The second kappa shape index (κ2) is 7.86. The summed E-state index contributed by atoms with van der Waals surface area (Å²) in [6.07, 6.45) is 3.24. The first-order valence-corrected chi connectivity index (χ1v) is 8.65. The molecule has 0 fully saturated rings. The molecule has 0 saturated carbocycles. The molecule has 3 rings (SSSR count). The van der Waals surface area contributed by atoms with Gasteiger partial charge in [0.2, 0.25) is 0 Å². The molecule has 1 aliphatic rings. The number of aryl methyl sites for hydroxylation is 1. The Bertz CT molecular complexity index is 672. The Morgan fingerprint density at radius 1 is 1.08 bits per heavy atom. The number of nitrogens with zero attached hydrogens (tertiary/aromatic N) is 2. The molecule has 24 heavy (non-hydrogen) atoms. The summed E-state index contributed by atoms with van der Waals surface area (Å²) < 4.78 is 0. The number of nitrogens with one attached hydrogen (secondary N) is 1. The van der Waals surface area contributed by atoms with Gasteiger partial charge in [0.1, 0.15) is 0 Å². The highest BCUT2D eigenvalue weighted by Gasteiger charge is 2.20. The summed E-state index contributed by atoms with van der Waals surface area (Å²) in [6.45, 7) is 2.20. The smallest absolute Gasteiger partial charge is 0.321 e. The van der Waals surface area contributed by atoms with Gasteiger partial charge in [-0.05, 0) is 43.0 Å². The van der Waals surface area contributed by atoms with E-state index < -0.39 is 0 Å². The van der Waals surface area contributed by atoms with Crippen molar-refractivity contribution in [1.29, 1.82) is 0 Å². The van der Waals surface area contributed by atoms with Gasteiger partial charge in [0.25, 0.3) is 0 Å². The number of anilines is 2. The van der Waals surface area contributed by atoms with Crippen LogP contribution in [0.2, 0.25) is 0 Å². The molecule has 126 valence electrons.